The molecule has 0 spiro atoms. The molecule has 0 aliphatic rings. The standard InChI is InChI=1S/C13H12N6O/c1-9-3-5-10(6-4-9)7-15-19-13(20)11-8-14-18(2)12(11)16-17-19/h3-8H,1-2H3/b15-7-. The molecule has 0 N–H and O–H groups in total. The predicted octanol–water partition coefficient (Wildman–Crippen LogP) is 0.716. The zero-order valence-electron chi connectivity index (χ0n) is 11.1. The fourth-order valence-electron chi connectivity index (χ4n) is 1.78. The van der Waals surface area contributed by atoms with Crippen molar-refractivity contribution in [2.24, 2.45) is 12.1 Å². The highest BCUT2D eigenvalue weighted by molar-refractivity contribution is 5.79. The minimum absolute atomic E-state index is 0.341. The largest absolute Gasteiger partial charge is 0.302 e. The van der Waals surface area contributed by atoms with Crippen LogP contribution in [0.25, 0.3) is 11.0 Å². The van der Waals surface area contributed by atoms with E-state index in [2.05, 4.69) is 20.5 Å². The van der Waals surface area contributed by atoms with Gasteiger partial charge in [-0.15, -0.1) is 5.10 Å². The van der Waals surface area contributed by atoms with Crippen molar-refractivity contribution in [2.75, 3.05) is 0 Å². The minimum Gasteiger partial charge on any atom is -0.265 e. The number of aromatic nitrogens is 5. The van der Waals surface area contributed by atoms with Crippen molar-refractivity contribution >= 4 is 17.2 Å². The number of rotatable bonds is 2. The fraction of sp³-hybridized carbons (Fsp3) is 0.154. The summed E-state index contributed by atoms with van der Waals surface area (Å²) in [6.07, 6.45) is 3.03. The van der Waals surface area contributed by atoms with Crippen LogP contribution < -0.4 is 5.56 Å². The molecule has 0 radical (unpaired) electrons. The van der Waals surface area contributed by atoms with E-state index in [1.807, 2.05) is 31.2 Å². The van der Waals surface area contributed by atoms with Crippen LogP contribution in [0.3, 0.4) is 0 Å². The van der Waals surface area contributed by atoms with Crippen molar-refractivity contribution < 1.29 is 0 Å². The molecular formula is C13H12N6O. The summed E-state index contributed by atoms with van der Waals surface area (Å²) < 4.78 is 1.50. The molecule has 7 heteroatoms. The predicted molar refractivity (Wildman–Crippen MR) is 74.7 cm³/mol. The first-order valence-corrected chi connectivity index (χ1v) is 6.04. The van der Waals surface area contributed by atoms with Crippen molar-refractivity contribution in [3.8, 4) is 0 Å². The molecule has 0 saturated carbocycles. The summed E-state index contributed by atoms with van der Waals surface area (Å²) >= 11 is 0. The van der Waals surface area contributed by atoms with Crippen molar-refractivity contribution in [3.05, 3.63) is 51.9 Å². The smallest absolute Gasteiger partial charge is 0.265 e. The quantitative estimate of drug-likeness (QED) is 0.641. The Morgan fingerprint density at radius 3 is 2.75 bits per heavy atom. The van der Waals surface area contributed by atoms with E-state index in [-0.39, 0.29) is 5.56 Å². The summed E-state index contributed by atoms with van der Waals surface area (Å²) in [7, 11) is 1.70. The van der Waals surface area contributed by atoms with Gasteiger partial charge in [-0.1, -0.05) is 34.6 Å². The van der Waals surface area contributed by atoms with Gasteiger partial charge in [0.05, 0.1) is 12.4 Å². The molecule has 0 saturated heterocycles. The average molecular weight is 268 g/mol. The van der Waals surface area contributed by atoms with Crippen molar-refractivity contribution in [3.63, 3.8) is 0 Å². The van der Waals surface area contributed by atoms with Crippen LogP contribution in [-0.2, 0) is 7.05 Å². The monoisotopic (exact) mass is 268 g/mol. The van der Waals surface area contributed by atoms with Crippen LogP contribution in [-0.4, -0.2) is 31.1 Å². The lowest BCUT2D eigenvalue weighted by Crippen LogP contribution is -2.20. The van der Waals surface area contributed by atoms with Crippen LogP contribution in [0.2, 0.25) is 0 Å². The van der Waals surface area contributed by atoms with Gasteiger partial charge in [-0.05, 0) is 17.7 Å². The molecule has 2 aromatic heterocycles. The molecule has 0 amide bonds. The first kappa shape index (κ1) is 12.2. The third kappa shape index (κ3) is 2.09. The molecule has 100 valence electrons. The van der Waals surface area contributed by atoms with E-state index in [9.17, 15) is 4.79 Å². The number of aryl methyl sites for hydroxylation is 2. The molecule has 0 aliphatic carbocycles. The Labute approximate surface area is 114 Å². The van der Waals surface area contributed by atoms with Crippen LogP contribution in [0, 0.1) is 6.92 Å². The van der Waals surface area contributed by atoms with Crippen LogP contribution >= 0.6 is 0 Å². The Morgan fingerprint density at radius 1 is 1.25 bits per heavy atom. The van der Waals surface area contributed by atoms with E-state index < -0.39 is 0 Å². The molecule has 3 aromatic rings. The summed E-state index contributed by atoms with van der Waals surface area (Å²) in [4.78, 5) is 13.1. The number of nitrogens with zero attached hydrogens (tertiary/aromatic N) is 6. The van der Waals surface area contributed by atoms with Gasteiger partial charge >= 0.3 is 5.56 Å². The van der Waals surface area contributed by atoms with Gasteiger partial charge in [0.25, 0.3) is 0 Å². The van der Waals surface area contributed by atoms with Gasteiger partial charge in [-0.2, -0.15) is 10.2 Å². The van der Waals surface area contributed by atoms with Crippen molar-refractivity contribution in [1.29, 1.82) is 0 Å². The third-order valence-corrected chi connectivity index (χ3v) is 2.94. The van der Waals surface area contributed by atoms with Gasteiger partial charge in [-0.25, -0.2) is 4.68 Å². The summed E-state index contributed by atoms with van der Waals surface area (Å²) in [5, 5.41) is 16.1. The summed E-state index contributed by atoms with van der Waals surface area (Å²) in [5.41, 5.74) is 2.15. The number of hydrogen-bond acceptors (Lipinski definition) is 5. The minimum atomic E-state index is -0.341. The summed E-state index contributed by atoms with van der Waals surface area (Å²) in [6.45, 7) is 2.01. The average Bonchev–Trinajstić information content (AvgIpc) is 2.82. The Hall–Kier alpha value is -2.83. The first-order valence-electron chi connectivity index (χ1n) is 6.04. The molecule has 7 nitrogen and oxygen atoms in total. The molecule has 20 heavy (non-hydrogen) atoms. The van der Waals surface area contributed by atoms with Gasteiger partial charge < -0.3 is 0 Å². The van der Waals surface area contributed by atoms with Crippen LogP contribution in [0.15, 0.2) is 40.4 Å². The van der Waals surface area contributed by atoms with Gasteiger partial charge in [-0.3, -0.25) is 4.79 Å². The molecule has 3 rings (SSSR count). The van der Waals surface area contributed by atoms with Crippen LogP contribution in [0.5, 0.6) is 0 Å². The van der Waals surface area contributed by atoms with E-state index in [0.717, 1.165) is 15.9 Å². The topological polar surface area (TPSA) is 78.0 Å². The van der Waals surface area contributed by atoms with Crippen molar-refractivity contribution in [2.45, 2.75) is 6.92 Å². The second-order valence-electron chi connectivity index (χ2n) is 4.44. The lowest BCUT2D eigenvalue weighted by Gasteiger charge is -1.97. The van der Waals surface area contributed by atoms with Crippen molar-refractivity contribution in [1.82, 2.24) is 24.9 Å². The molecule has 0 bridgehead atoms. The highest BCUT2D eigenvalue weighted by Gasteiger charge is 2.08. The zero-order chi connectivity index (χ0) is 14.1. The van der Waals surface area contributed by atoms with Gasteiger partial charge in [0.1, 0.15) is 5.39 Å². The number of fused-ring (bicyclic) bond motifs is 1. The Morgan fingerprint density at radius 2 is 2.00 bits per heavy atom. The summed E-state index contributed by atoms with van der Waals surface area (Å²) in [5.74, 6) is 0. The molecule has 1 aromatic carbocycles. The SMILES string of the molecule is Cc1ccc(/C=N\n2nnc3c(cnn3C)c2=O)cc1. The third-order valence-electron chi connectivity index (χ3n) is 2.94. The van der Waals surface area contributed by atoms with Gasteiger partial charge in [0.2, 0.25) is 0 Å². The Bertz CT molecular complexity index is 843. The Kier molecular flexibility index (Phi) is 2.86. The first-order chi connectivity index (χ1) is 9.65. The zero-order valence-corrected chi connectivity index (χ0v) is 11.1. The van der Waals surface area contributed by atoms with E-state index >= 15 is 0 Å². The Balaban J connectivity index is 2.00. The maximum absolute atomic E-state index is 12.1. The van der Waals surface area contributed by atoms with Gasteiger partial charge in [0, 0.05) is 7.05 Å². The second kappa shape index (κ2) is 4.69. The second-order valence-corrected chi connectivity index (χ2v) is 4.44. The van der Waals surface area contributed by atoms with E-state index in [1.165, 1.54) is 10.9 Å². The molecular weight excluding hydrogens is 256 g/mol. The molecule has 0 unspecified atom stereocenters. The summed E-state index contributed by atoms with van der Waals surface area (Å²) in [6, 6.07) is 7.78. The maximum Gasteiger partial charge on any atom is 0.302 e. The number of hydrogen-bond donors (Lipinski definition) is 0. The van der Waals surface area contributed by atoms with E-state index in [4.69, 9.17) is 0 Å². The lowest BCUT2D eigenvalue weighted by molar-refractivity contribution is 0.632. The molecule has 0 atom stereocenters. The number of benzene rings is 1. The molecule has 2 heterocycles. The van der Waals surface area contributed by atoms with Crippen LogP contribution in [0.1, 0.15) is 11.1 Å². The molecule has 0 aliphatic heterocycles. The lowest BCUT2D eigenvalue weighted by atomic mass is 10.2. The van der Waals surface area contributed by atoms with Gasteiger partial charge in [0.15, 0.2) is 5.65 Å². The maximum atomic E-state index is 12.1. The normalized spacial score (nSPS) is 11.5. The highest BCUT2D eigenvalue weighted by atomic mass is 16.1. The fourth-order valence-corrected chi connectivity index (χ4v) is 1.78. The van der Waals surface area contributed by atoms with Crippen LogP contribution in [0.4, 0.5) is 0 Å². The highest BCUT2D eigenvalue weighted by Crippen LogP contribution is 2.02. The molecule has 0 fully saturated rings. The van der Waals surface area contributed by atoms with E-state index in [0.29, 0.717) is 11.0 Å². The van der Waals surface area contributed by atoms with E-state index in [1.54, 1.807) is 13.3 Å².